The van der Waals surface area contributed by atoms with Crippen LogP contribution in [0.5, 0.6) is 0 Å². The second kappa shape index (κ2) is 9.47. The van der Waals surface area contributed by atoms with Crippen molar-refractivity contribution in [2.45, 2.75) is 38.8 Å². The fourth-order valence-corrected chi connectivity index (χ4v) is 3.73. The molecule has 1 atom stereocenters. The predicted octanol–water partition coefficient (Wildman–Crippen LogP) is 4.65. The molecular formula is C19H21BrF2N2O3S. The van der Waals surface area contributed by atoms with Crippen molar-refractivity contribution in [3.8, 4) is 0 Å². The van der Waals surface area contributed by atoms with E-state index in [1.165, 1.54) is 23.5 Å². The van der Waals surface area contributed by atoms with Gasteiger partial charge in [-0.1, -0.05) is 0 Å². The number of benzene rings is 1. The number of ether oxygens (including phenoxy) is 1. The van der Waals surface area contributed by atoms with E-state index < -0.39 is 29.4 Å². The Morgan fingerprint density at radius 2 is 1.82 bits per heavy atom. The smallest absolute Gasteiger partial charge is 0.407 e. The van der Waals surface area contributed by atoms with Gasteiger partial charge in [0.25, 0.3) is 5.91 Å². The van der Waals surface area contributed by atoms with Gasteiger partial charge in [-0.3, -0.25) is 4.79 Å². The Labute approximate surface area is 174 Å². The van der Waals surface area contributed by atoms with Crippen LogP contribution in [0.1, 0.15) is 36.0 Å². The van der Waals surface area contributed by atoms with Crippen molar-refractivity contribution < 1.29 is 23.1 Å². The van der Waals surface area contributed by atoms with Gasteiger partial charge in [0.05, 0.1) is 10.9 Å². The molecule has 0 radical (unpaired) electrons. The minimum Gasteiger partial charge on any atom is -0.444 e. The average molecular weight is 475 g/mol. The van der Waals surface area contributed by atoms with Crippen LogP contribution in [0.4, 0.5) is 13.6 Å². The molecule has 2 aromatic rings. The first-order valence-electron chi connectivity index (χ1n) is 8.48. The minimum atomic E-state index is -0.706. The van der Waals surface area contributed by atoms with Gasteiger partial charge in [0.15, 0.2) is 0 Å². The molecule has 0 aliphatic rings. The van der Waals surface area contributed by atoms with E-state index in [0.29, 0.717) is 10.4 Å². The third kappa shape index (κ3) is 7.55. The summed E-state index contributed by atoms with van der Waals surface area (Å²) in [6, 6.07) is 4.23. The molecule has 2 amide bonds. The lowest BCUT2D eigenvalue weighted by Gasteiger charge is -2.23. The van der Waals surface area contributed by atoms with Gasteiger partial charge in [0.2, 0.25) is 0 Å². The highest BCUT2D eigenvalue weighted by atomic mass is 79.9. The first-order valence-corrected chi connectivity index (χ1v) is 10.2. The molecule has 0 bridgehead atoms. The number of hydrogen-bond donors (Lipinski definition) is 2. The molecule has 0 saturated heterocycles. The zero-order valence-electron chi connectivity index (χ0n) is 15.6. The first kappa shape index (κ1) is 22.3. The molecule has 152 valence electrons. The Bertz CT molecular complexity index is 832. The van der Waals surface area contributed by atoms with Crippen molar-refractivity contribution in [1.82, 2.24) is 10.6 Å². The monoisotopic (exact) mass is 474 g/mol. The van der Waals surface area contributed by atoms with Crippen LogP contribution in [0.15, 0.2) is 34.1 Å². The summed E-state index contributed by atoms with van der Waals surface area (Å²) in [7, 11) is 0. The summed E-state index contributed by atoms with van der Waals surface area (Å²) in [6.45, 7) is 5.23. The minimum absolute atomic E-state index is 0.0331. The van der Waals surface area contributed by atoms with Crippen LogP contribution in [-0.4, -0.2) is 30.2 Å². The van der Waals surface area contributed by atoms with E-state index in [9.17, 15) is 18.4 Å². The summed E-state index contributed by atoms with van der Waals surface area (Å²) < 4.78 is 32.9. The molecular weight excluding hydrogens is 454 g/mol. The molecule has 2 N–H and O–H groups in total. The molecule has 28 heavy (non-hydrogen) atoms. The largest absolute Gasteiger partial charge is 0.444 e. The lowest BCUT2D eigenvalue weighted by molar-refractivity contribution is 0.0519. The second-order valence-electron chi connectivity index (χ2n) is 7.16. The quantitative estimate of drug-likeness (QED) is 0.639. The SMILES string of the molecule is CC(C)(C)OC(=O)NC[C@H](Cc1cc(F)cc(F)c1)NC(=O)c1cc(Br)cs1. The topological polar surface area (TPSA) is 67.4 Å². The van der Waals surface area contributed by atoms with Crippen LogP contribution < -0.4 is 10.6 Å². The highest BCUT2D eigenvalue weighted by Crippen LogP contribution is 2.20. The Balaban J connectivity index is 2.09. The molecule has 1 heterocycles. The lowest BCUT2D eigenvalue weighted by Crippen LogP contribution is -2.46. The molecule has 0 aliphatic heterocycles. The van der Waals surface area contributed by atoms with Crippen molar-refractivity contribution in [3.05, 3.63) is 56.2 Å². The van der Waals surface area contributed by atoms with Crippen LogP contribution in [0.2, 0.25) is 0 Å². The van der Waals surface area contributed by atoms with Crippen molar-refractivity contribution in [2.24, 2.45) is 0 Å². The Hall–Kier alpha value is -2.00. The van der Waals surface area contributed by atoms with Gasteiger partial charge in [-0.2, -0.15) is 0 Å². The molecule has 5 nitrogen and oxygen atoms in total. The lowest BCUT2D eigenvalue weighted by atomic mass is 10.1. The van der Waals surface area contributed by atoms with Crippen LogP contribution in [0.25, 0.3) is 0 Å². The Kier molecular flexibility index (Phi) is 7.54. The van der Waals surface area contributed by atoms with Gasteiger partial charge >= 0.3 is 6.09 Å². The number of hydrogen-bond acceptors (Lipinski definition) is 4. The third-order valence-electron chi connectivity index (χ3n) is 3.42. The highest BCUT2D eigenvalue weighted by Gasteiger charge is 2.20. The molecule has 0 aliphatic carbocycles. The van der Waals surface area contributed by atoms with E-state index >= 15 is 0 Å². The number of nitrogens with one attached hydrogen (secondary N) is 2. The zero-order valence-corrected chi connectivity index (χ0v) is 18.0. The number of rotatable bonds is 6. The summed E-state index contributed by atoms with van der Waals surface area (Å²) in [6.07, 6.45) is -0.515. The third-order valence-corrected chi connectivity index (χ3v) is 5.11. The van der Waals surface area contributed by atoms with Gasteiger partial charge in [0.1, 0.15) is 17.2 Å². The van der Waals surface area contributed by atoms with Crippen molar-refractivity contribution >= 4 is 39.3 Å². The first-order chi connectivity index (χ1) is 13.0. The molecule has 0 saturated carbocycles. The maximum Gasteiger partial charge on any atom is 0.407 e. The molecule has 0 spiro atoms. The summed E-state index contributed by atoms with van der Waals surface area (Å²) in [5.41, 5.74) is -0.307. The predicted molar refractivity (Wildman–Crippen MR) is 108 cm³/mol. The fourth-order valence-electron chi connectivity index (χ4n) is 2.40. The summed E-state index contributed by atoms with van der Waals surface area (Å²) in [5.74, 6) is -1.76. The van der Waals surface area contributed by atoms with Crippen molar-refractivity contribution in [2.75, 3.05) is 6.54 Å². The number of carbonyl (C=O) groups excluding carboxylic acids is 2. The summed E-state index contributed by atoms with van der Waals surface area (Å²) in [4.78, 5) is 24.8. The van der Waals surface area contributed by atoms with E-state index in [1.807, 2.05) is 0 Å². The van der Waals surface area contributed by atoms with Crippen molar-refractivity contribution in [1.29, 1.82) is 0 Å². The molecule has 2 rings (SSSR count). The van der Waals surface area contributed by atoms with Gasteiger partial charge in [-0.05, 0) is 66.9 Å². The van der Waals surface area contributed by atoms with E-state index in [-0.39, 0.29) is 18.9 Å². The van der Waals surface area contributed by atoms with E-state index in [1.54, 1.807) is 32.2 Å². The van der Waals surface area contributed by atoms with Gasteiger partial charge in [-0.15, -0.1) is 11.3 Å². The van der Waals surface area contributed by atoms with E-state index in [2.05, 4.69) is 26.6 Å². The van der Waals surface area contributed by atoms with Crippen LogP contribution >= 0.6 is 27.3 Å². The number of thiophene rings is 1. The van der Waals surface area contributed by atoms with Crippen molar-refractivity contribution in [3.63, 3.8) is 0 Å². The van der Waals surface area contributed by atoms with Gasteiger partial charge in [0, 0.05) is 22.5 Å². The maximum atomic E-state index is 13.5. The molecule has 1 aromatic heterocycles. The van der Waals surface area contributed by atoms with Gasteiger partial charge in [-0.25, -0.2) is 13.6 Å². The fraction of sp³-hybridized carbons (Fsp3) is 0.368. The standard InChI is InChI=1S/C19H21BrF2N2O3S/c1-19(2,3)27-18(26)23-9-15(6-11-4-13(21)8-14(22)5-11)24-17(25)16-7-12(20)10-28-16/h4-5,7-8,10,15H,6,9H2,1-3H3,(H,23,26)(H,24,25)/t15-/m0/s1. The Morgan fingerprint density at radius 3 is 2.36 bits per heavy atom. The molecule has 9 heteroatoms. The highest BCUT2D eigenvalue weighted by molar-refractivity contribution is 9.10. The van der Waals surface area contributed by atoms with Crippen LogP contribution in [0.3, 0.4) is 0 Å². The summed E-state index contributed by atoms with van der Waals surface area (Å²) in [5, 5.41) is 7.14. The normalized spacial score (nSPS) is 12.4. The Morgan fingerprint density at radius 1 is 1.18 bits per heavy atom. The van der Waals surface area contributed by atoms with Crippen LogP contribution in [0, 0.1) is 11.6 Å². The zero-order chi connectivity index (χ0) is 20.9. The second-order valence-corrected chi connectivity index (χ2v) is 8.99. The molecule has 1 aromatic carbocycles. The number of amides is 2. The molecule has 0 fully saturated rings. The number of alkyl carbamates (subject to hydrolysis) is 1. The van der Waals surface area contributed by atoms with E-state index in [4.69, 9.17) is 4.74 Å². The number of halogens is 3. The maximum absolute atomic E-state index is 13.5. The average Bonchev–Trinajstić information content (AvgIpc) is 2.96. The summed E-state index contributed by atoms with van der Waals surface area (Å²) >= 11 is 4.54. The molecule has 0 unspecified atom stereocenters. The van der Waals surface area contributed by atoms with E-state index in [0.717, 1.165) is 10.5 Å². The van der Waals surface area contributed by atoms with Crippen LogP contribution in [-0.2, 0) is 11.2 Å². The number of carbonyl (C=O) groups is 2. The van der Waals surface area contributed by atoms with Gasteiger partial charge < -0.3 is 15.4 Å².